The maximum absolute atomic E-state index is 14.2. The fraction of sp³-hybridized carbons (Fsp3) is 0.566. The summed E-state index contributed by atoms with van der Waals surface area (Å²) in [5, 5.41) is 40.5. The number of nitrogens with one attached hydrogen (secondary N) is 8. The third-order valence-corrected chi connectivity index (χ3v) is 12.8. The van der Waals surface area contributed by atoms with E-state index < -0.39 is 132 Å². The number of carbonyl (C=O) groups is 10. The van der Waals surface area contributed by atoms with Gasteiger partial charge in [-0.2, -0.15) is 11.8 Å². The van der Waals surface area contributed by atoms with Crippen LogP contribution < -0.4 is 65.5 Å². The third-order valence-electron chi connectivity index (χ3n) is 12.1. The molecule has 0 fully saturated rings. The number of aliphatic carboxylic acids is 1. The van der Waals surface area contributed by atoms with Crippen molar-refractivity contribution in [3.05, 3.63) is 71.8 Å². The lowest BCUT2D eigenvalue weighted by Crippen LogP contribution is -2.61. The zero-order valence-electron chi connectivity index (χ0n) is 46.1. The minimum absolute atomic E-state index is 0.0229. The molecule has 18 N–H and O–H groups in total. The van der Waals surface area contributed by atoms with E-state index in [2.05, 4.69) is 47.5 Å². The molecule has 2 aromatic carbocycles. The Morgan fingerprint density at radius 1 is 0.532 bits per heavy atom. The van der Waals surface area contributed by atoms with Crippen LogP contribution in [0.2, 0.25) is 0 Å². The van der Waals surface area contributed by atoms with Gasteiger partial charge in [0.2, 0.25) is 53.2 Å². The average molecular weight is 1130 g/mol. The van der Waals surface area contributed by atoms with E-state index in [0.717, 1.165) is 5.56 Å². The van der Waals surface area contributed by atoms with Gasteiger partial charge in [-0.25, -0.2) is 4.79 Å². The molecular weight excluding hydrogens is 1040 g/mol. The summed E-state index contributed by atoms with van der Waals surface area (Å²) in [5.74, 6) is -9.98. The van der Waals surface area contributed by atoms with E-state index in [0.29, 0.717) is 11.3 Å². The molecule has 438 valence electrons. The molecule has 0 bridgehead atoms. The van der Waals surface area contributed by atoms with Gasteiger partial charge in [0.15, 0.2) is 5.96 Å². The van der Waals surface area contributed by atoms with Crippen LogP contribution in [0.15, 0.2) is 65.7 Å². The number of benzene rings is 2. The SMILES string of the molecule is CSCCC(NC(=O)C(CC(C)C)NC(=O)C(CO)NC(=O)C(Cc1ccccc1)NC(=O)C(CC(N)=O)NC(=O)C(CCCN=C(N)N)NC(=O)C(CC(C)C)NC(=O)C(N)Cc1ccccc1)C(=O)NC(C(=O)O)C(C)C. The lowest BCUT2D eigenvalue weighted by molar-refractivity contribution is -0.143. The van der Waals surface area contributed by atoms with Crippen molar-refractivity contribution in [1.29, 1.82) is 0 Å². The topological polar surface area (TPSA) is 424 Å². The average Bonchev–Trinajstić information content (AvgIpc) is 3.37. The number of hydrogen-bond acceptors (Lipinski definition) is 14. The second-order valence-electron chi connectivity index (χ2n) is 20.3. The highest BCUT2D eigenvalue weighted by Crippen LogP contribution is 2.13. The zero-order chi connectivity index (χ0) is 59.4. The number of aliphatic hydroxyl groups is 1. The van der Waals surface area contributed by atoms with Crippen molar-refractivity contribution in [3.63, 3.8) is 0 Å². The number of amides is 9. The number of guanidine groups is 1. The van der Waals surface area contributed by atoms with Crippen LogP contribution in [0.25, 0.3) is 0 Å². The molecule has 0 heterocycles. The highest BCUT2D eigenvalue weighted by Gasteiger charge is 2.36. The van der Waals surface area contributed by atoms with Crippen molar-refractivity contribution in [2.45, 2.75) is 147 Å². The number of nitrogens with two attached hydrogens (primary N) is 4. The number of thioether (sulfide) groups is 1. The molecular formula is C53H83N13O12S. The number of primary amides is 1. The Bertz CT molecular complexity index is 2360. The van der Waals surface area contributed by atoms with Crippen molar-refractivity contribution in [2.24, 2.45) is 45.7 Å². The largest absolute Gasteiger partial charge is 0.480 e. The van der Waals surface area contributed by atoms with Gasteiger partial charge >= 0.3 is 5.97 Å². The van der Waals surface area contributed by atoms with Crippen molar-refractivity contribution >= 4 is 76.9 Å². The Labute approximate surface area is 465 Å². The van der Waals surface area contributed by atoms with E-state index in [1.807, 2.05) is 19.9 Å². The van der Waals surface area contributed by atoms with Gasteiger partial charge in [-0.15, -0.1) is 0 Å². The predicted molar refractivity (Wildman–Crippen MR) is 299 cm³/mol. The number of aliphatic imine (C=N–C) groups is 1. The summed E-state index contributed by atoms with van der Waals surface area (Å²) in [6.07, 6.45) is 1.23. The fourth-order valence-corrected chi connectivity index (χ4v) is 8.46. The summed E-state index contributed by atoms with van der Waals surface area (Å²) < 4.78 is 0. The molecule has 79 heavy (non-hydrogen) atoms. The quantitative estimate of drug-likeness (QED) is 0.0203. The van der Waals surface area contributed by atoms with Crippen molar-refractivity contribution in [1.82, 2.24) is 42.5 Å². The van der Waals surface area contributed by atoms with Gasteiger partial charge in [0.1, 0.15) is 48.3 Å². The Morgan fingerprint density at radius 2 is 0.937 bits per heavy atom. The van der Waals surface area contributed by atoms with Crippen LogP contribution in [0.5, 0.6) is 0 Å². The summed E-state index contributed by atoms with van der Waals surface area (Å²) >= 11 is 1.38. The molecule has 0 radical (unpaired) electrons. The van der Waals surface area contributed by atoms with E-state index >= 15 is 0 Å². The minimum Gasteiger partial charge on any atom is -0.480 e. The Kier molecular flexibility index (Phi) is 30.2. The molecule has 0 saturated heterocycles. The summed E-state index contributed by atoms with van der Waals surface area (Å²) in [7, 11) is 0. The Morgan fingerprint density at radius 3 is 1.41 bits per heavy atom. The van der Waals surface area contributed by atoms with Gasteiger partial charge in [-0.1, -0.05) is 102 Å². The van der Waals surface area contributed by atoms with E-state index in [9.17, 15) is 58.2 Å². The molecule has 25 nitrogen and oxygen atoms in total. The minimum atomic E-state index is -1.76. The van der Waals surface area contributed by atoms with Crippen LogP contribution >= 0.6 is 11.8 Å². The maximum atomic E-state index is 14.2. The number of aliphatic hydroxyl groups excluding tert-OH is 1. The van der Waals surface area contributed by atoms with Crippen LogP contribution in [0.1, 0.15) is 91.2 Å². The van der Waals surface area contributed by atoms with E-state index in [4.69, 9.17) is 22.9 Å². The smallest absolute Gasteiger partial charge is 0.326 e. The predicted octanol–water partition coefficient (Wildman–Crippen LogP) is -1.82. The summed E-state index contributed by atoms with van der Waals surface area (Å²) in [5.41, 5.74) is 24.1. The monoisotopic (exact) mass is 1130 g/mol. The first-order chi connectivity index (χ1) is 37.3. The molecule has 9 unspecified atom stereocenters. The summed E-state index contributed by atoms with van der Waals surface area (Å²) in [6.45, 7) is 9.43. The maximum Gasteiger partial charge on any atom is 0.326 e. The lowest BCUT2D eigenvalue weighted by Gasteiger charge is -2.28. The van der Waals surface area contributed by atoms with Crippen molar-refractivity contribution in [3.8, 4) is 0 Å². The molecule has 0 aliphatic rings. The highest BCUT2D eigenvalue weighted by atomic mass is 32.2. The zero-order valence-corrected chi connectivity index (χ0v) is 46.9. The van der Waals surface area contributed by atoms with Gasteiger partial charge < -0.3 is 75.7 Å². The van der Waals surface area contributed by atoms with Gasteiger partial charge in [-0.3, -0.25) is 48.1 Å². The van der Waals surface area contributed by atoms with Crippen LogP contribution in [0.4, 0.5) is 0 Å². The molecule has 0 spiro atoms. The molecule has 0 aliphatic carbocycles. The summed E-state index contributed by atoms with van der Waals surface area (Å²) in [4.78, 5) is 139. The standard InChI is InChI=1S/C53H83N13O12S/c1-29(2)23-37(61-44(69)34(54)25-32-15-10-8-11-16-32)47(72)59-35(19-14-21-58-53(56)57)45(70)64-40(27-42(55)68)50(75)63-39(26-33-17-12-9-13-18-33)49(74)65-41(28-67)51(76)62-38(24-30(3)4)48(73)60-36(20-22-79-7)46(71)66-43(31(5)6)52(77)78/h8-13,15-18,29-31,34-41,43,67H,14,19-28,54H2,1-7H3,(H2,55,68)(H,59,72)(H,60,73)(H,61,69)(H,62,76)(H,63,75)(H,64,70)(H,65,74)(H,66,71)(H,77,78)(H4,56,57,58). The number of carboxylic acids is 1. The van der Waals surface area contributed by atoms with Gasteiger partial charge in [0.25, 0.3) is 0 Å². The van der Waals surface area contributed by atoms with Crippen molar-refractivity contribution < 1.29 is 58.2 Å². The molecule has 9 atom stereocenters. The van der Waals surface area contributed by atoms with Crippen LogP contribution in [-0.2, 0) is 60.8 Å². The van der Waals surface area contributed by atoms with Crippen LogP contribution in [0, 0.1) is 17.8 Å². The first-order valence-electron chi connectivity index (χ1n) is 26.2. The Balaban J connectivity index is 2.44. The second-order valence-corrected chi connectivity index (χ2v) is 21.3. The molecule has 9 amide bonds. The van der Waals surface area contributed by atoms with Crippen LogP contribution in [0.3, 0.4) is 0 Å². The van der Waals surface area contributed by atoms with Crippen molar-refractivity contribution in [2.75, 3.05) is 25.2 Å². The Hall–Kier alpha value is -7.32. The second kappa shape index (κ2) is 35.2. The normalized spacial score (nSPS) is 14.6. The highest BCUT2D eigenvalue weighted by molar-refractivity contribution is 7.98. The van der Waals surface area contributed by atoms with Gasteiger partial charge in [-0.05, 0) is 79.4 Å². The van der Waals surface area contributed by atoms with E-state index in [1.54, 1.807) is 88.5 Å². The number of carbonyl (C=O) groups excluding carboxylic acids is 9. The fourth-order valence-electron chi connectivity index (χ4n) is 7.99. The first kappa shape index (κ1) is 67.8. The molecule has 2 aromatic rings. The van der Waals surface area contributed by atoms with Gasteiger partial charge in [0.05, 0.1) is 19.1 Å². The van der Waals surface area contributed by atoms with Gasteiger partial charge in [0, 0.05) is 13.0 Å². The molecule has 26 heteroatoms. The first-order valence-corrected chi connectivity index (χ1v) is 27.6. The molecule has 0 aliphatic heterocycles. The number of carboxylic acid groups (broad SMARTS) is 1. The van der Waals surface area contributed by atoms with E-state index in [-0.39, 0.29) is 69.3 Å². The lowest BCUT2D eigenvalue weighted by atomic mass is 10.0. The van der Waals surface area contributed by atoms with Crippen LogP contribution in [-0.4, -0.2) is 155 Å². The molecule has 2 rings (SSSR count). The van der Waals surface area contributed by atoms with E-state index in [1.165, 1.54) is 11.8 Å². The number of hydrogen-bond donors (Lipinski definition) is 14. The summed E-state index contributed by atoms with van der Waals surface area (Å²) in [6, 6.07) is 4.90. The molecule has 0 saturated carbocycles. The third kappa shape index (κ3) is 25.8. The number of nitrogens with zero attached hydrogens (tertiary/aromatic N) is 1. The number of rotatable bonds is 36. The molecule has 0 aromatic heterocycles.